The highest BCUT2D eigenvalue weighted by Gasteiger charge is 2.17. The SMILES string of the molecule is Cc1sc2nc(SCC(=O)NCCC3=CCCCC3)[nH]c(=O)c2c1-c1ccc(F)cc1. The Hall–Kier alpha value is -2.45. The molecule has 8 heteroatoms. The molecule has 0 aliphatic heterocycles. The fourth-order valence-electron chi connectivity index (χ4n) is 3.81. The molecule has 4 rings (SSSR count). The highest BCUT2D eigenvalue weighted by molar-refractivity contribution is 7.99. The molecule has 1 amide bonds. The third-order valence-corrected chi connectivity index (χ3v) is 7.21. The molecule has 0 fully saturated rings. The molecule has 0 spiro atoms. The Balaban J connectivity index is 1.42. The van der Waals surface area contributed by atoms with Crippen LogP contribution in [0.5, 0.6) is 0 Å². The number of rotatable bonds is 7. The van der Waals surface area contributed by atoms with E-state index in [9.17, 15) is 14.0 Å². The van der Waals surface area contributed by atoms with Crippen LogP contribution in [0, 0.1) is 12.7 Å². The quantitative estimate of drug-likeness (QED) is 0.291. The van der Waals surface area contributed by atoms with E-state index in [0.717, 1.165) is 35.3 Å². The highest BCUT2D eigenvalue weighted by atomic mass is 32.2. The van der Waals surface area contributed by atoms with Crippen LogP contribution in [0.4, 0.5) is 4.39 Å². The summed E-state index contributed by atoms with van der Waals surface area (Å²) >= 11 is 2.65. The summed E-state index contributed by atoms with van der Waals surface area (Å²) in [6.45, 7) is 2.56. The lowest BCUT2D eigenvalue weighted by atomic mass is 9.97. The van der Waals surface area contributed by atoms with E-state index in [4.69, 9.17) is 0 Å². The van der Waals surface area contributed by atoms with Gasteiger partial charge in [-0.05, 0) is 56.7 Å². The number of nitrogens with one attached hydrogen (secondary N) is 2. The Kier molecular flexibility index (Phi) is 6.87. The van der Waals surface area contributed by atoms with Crippen LogP contribution in [-0.2, 0) is 4.79 Å². The predicted molar refractivity (Wildman–Crippen MR) is 125 cm³/mol. The maximum absolute atomic E-state index is 13.3. The number of benzene rings is 1. The van der Waals surface area contributed by atoms with Crippen LogP contribution in [0.1, 0.15) is 37.0 Å². The van der Waals surface area contributed by atoms with Gasteiger partial charge in [-0.3, -0.25) is 9.59 Å². The molecule has 162 valence electrons. The van der Waals surface area contributed by atoms with Gasteiger partial charge in [0.25, 0.3) is 5.56 Å². The zero-order valence-electron chi connectivity index (χ0n) is 17.3. The van der Waals surface area contributed by atoms with Crippen molar-refractivity contribution in [3.8, 4) is 11.1 Å². The normalized spacial score (nSPS) is 13.9. The van der Waals surface area contributed by atoms with Crippen LogP contribution in [0.25, 0.3) is 21.3 Å². The van der Waals surface area contributed by atoms with E-state index in [-0.39, 0.29) is 23.0 Å². The molecule has 5 nitrogen and oxygen atoms in total. The Morgan fingerprint density at radius 3 is 2.84 bits per heavy atom. The second-order valence-electron chi connectivity index (χ2n) is 7.59. The molecule has 1 aliphatic rings. The number of aromatic amines is 1. The van der Waals surface area contributed by atoms with Crippen LogP contribution in [0.2, 0.25) is 0 Å². The molecule has 0 saturated heterocycles. The van der Waals surface area contributed by atoms with Crippen LogP contribution >= 0.6 is 23.1 Å². The standard InChI is InChI=1S/C23H24FN3O2S2/c1-14-19(16-7-9-17(24)10-8-16)20-21(29)26-23(27-22(20)31-14)30-13-18(28)25-12-11-15-5-3-2-4-6-15/h5,7-10H,2-4,6,11-13H2,1H3,(H,25,28)(H,26,27,29). The monoisotopic (exact) mass is 457 g/mol. The van der Waals surface area contributed by atoms with Crippen molar-refractivity contribution in [2.45, 2.75) is 44.2 Å². The number of hydrogen-bond acceptors (Lipinski definition) is 5. The van der Waals surface area contributed by atoms with Crippen molar-refractivity contribution in [2.24, 2.45) is 0 Å². The van der Waals surface area contributed by atoms with Crippen molar-refractivity contribution >= 4 is 39.2 Å². The van der Waals surface area contributed by atoms with Gasteiger partial charge in [0.05, 0.1) is 11.1 Å². The smallest absolute Gasteiger partial charge is 0.260 e. The van der Waals surface area contributed by atoms with Gasteiger partial charge in [0.2, 0.25) is 5.91 Å². The van der Waals surface area contributed by atoms with E-state index in [0.29, 0.717) is 21.9 Å². The Morgan fingerprint density at radius 1 is 1.29 bits per heavy atom. The summed E-state index contributed by atoms with van der Waals surface area (Å²) in [6.07, 6.45) is 7.97. The van der Waals surface area contributed by atoms with Crippen LogP contribution in [0.15, 0.2) is 45.9 Å². The van der Waals surface area contributed by atoms with E-state index >= 15 is 0 Å². The summed E-state index contributed by atoms with van der Waals surface area (Å²) in [5.74, 6) is -0.193. The first-order valence-electron chi connectivity index (χ1n) is 10.4. The lowest BCUT2D eigenvalue weighted by molar-refractivity contribution is -0.118. The van der Waals surface area contributed by atoms with Crippen molar-refractivity contribution < 1.29 is 9.18 Å². The summed E-state index contributed by atoms with van der Waals surface area (Å²) in [5, 5.41) is 3.87. The summed E-state index contributed by atoms with van der Waals surface area (Å²) in [5.41, 5.74) is 2.74. The number of amides is 1. The first kappa shape index (κ1) is 21.8. The molecule has 2 aromatic heterocycles. The molecule has 0 saturated carbocycles. The molecular formula is C23H24FN3O2S2. The number of carbonyl (C=O) groups excluding carboxylic acids is 1. The van der Waals surface area contributed by atoms with Gasteiger partial charge in [0.1, 0.15) is 10.6 Å². The maximum atomic E-state index is 13.3. The van der Waals surface area contributed by atoms with Crippen molar-refractivity contribution in [3.05, 3.63) is 57.0 Å². The van der Waals surface area contributed by atoms with E-state index < -0.39 is 0 Å². The van der Waals surface area contributed by atoms with Gasteiger partial charge in [0.15, 0.2) is 5.16 Å². The summed E-state index contributed by atoms with van der Waals surface area (Å²) in [4.78, 5) is 33.9. The van der Waals surface area contributed by atoms with E-state index in [2.05, 4.69) is 21.4 Å². The lowest BCUT2D eigenvalue weighted by Gasteiger charge is -2.12. The third kappa shape index (κ3) is 5.25. The Bertz CT molecular complexity index is 1180. The average molecular weight is 458 g/mol. The second kappa shape index (κ2) is 9.78. The number of aryl methyl sites for hydroxylation is 1. The number of allylic oxidation sites excluding steroid dienone is 1. The molecule has 31 heavy (non-hydrogen) atoms. The second-order valence-corrected chi connectivity index (χ2v) is 9.76. The predicted octanol–water partition coefficient (Wildman–Crippen LogP) is 5.20. The van der Waals surface area contributed by atoms with Crippen molar-refractivity contribution in [3.63, 3.8) is 0 Å². The van der Waals surface area contributed by atoms with Crippen LogP contribution < -0.4 is 10.9 Å². The Morgan fingerprint density at radius 2 is 2.10 bits per heavy atom. The summed E-state index contributed by atoms with van der Waals surface area (Å²) < 4.78 is 13.3. The number of fused-ring (bicyclic) bond motifs is 1. The minimum absolute atomic E-state index is 0.0708. The topological polar surface area (TPSA) is 74.8 Å². The number of halogens is 1. The first-order valence-corrected chi connectivity index (χ1v) is 12.2. The number of hydrogen-bond donors (Lipinski definition) is 2. The largest absolute Gasteiger partial charge is 0.355 e. The fraction of sp³-hybridized carbons (Fsp3) is 0.348. The van der Waals surface area contributed by atoms with Gasteiger partial charge in [0, 0.05) is 17.0 Å². The van der Waals surface area contributed by atoms with Gasteiger partial charge in [-0.2, -0.15) is 0 Å². The van der Waals surface area contributed by atoms with Gasteiger partial charge in [-0.15, -0.1) is 11.3 Å². The first-order chi connectivity index (χ1) is 15.0. The van der Waals surface area contributed by atoms with Gasteiger partial charge in [-0.25, -0.2) is 9.37 Å². The van der Waals surface area contributed by atoms with Crippen molar-refractivity contribution in [1.82, 2.24) is 15.3 Å². The maximum Gasteiger partial charge on any atom is 0.260 e. The lowest BCUT2D eigenvalue weighted by Crippen LogP contribution is -2.26. The molecule has 2 N–H and O–H groups in total. The van der Waals surface area contributed by atoms with Crippen LogP contribution in [0.3, 0.4) is 0 Å². The zero-order valence-corrected chi connectivity index (χ0v) is 18.9. The molecule has 0 unspecified atom stereocenters. The summed E-state index contributed by atoms with van der Waals surface area (Å²) in [7, 11) is 0. The minimum Gasteiger partial charge on any atom is -0.355 e. The average Bonchev–Trinajstić information content (AvgIpc) is 3.10. The van der Waals surface area contributed by atoms with Gasteiger partial charge >= 0.3 is 0 Å². The number of H-pyrrole nitrogens is 1. The number of thioether (sulfide) groups is 1. The van der Waals surface area contributed by atoms with Crippen LogP contribution in [-0.4, -0.2) is 28.2 Å². The number of thiophene rings is 1. The molecule has 0 radical (unpaired) electrons. The number of carbonyl (C=O) groups is 1. The molecule has 2 heterocycles. The molecule has 1 aromatic carbocycles. The molecule has 0 atom stereocenters. The molecular weight excluding hydrogens is 433 g/mol. The van der Waals surface area contributed by atoms with Crippen molar-refractivity contribution in [2.75, 3.05) is 12.3 Å². The zero-order chi connectivity index (χ0) is 21.8. The molecule has 0 bridgehead atoms. The van der Waals surface area contributed by atoms with Gasteiger partial charge < -0.3 is 10.3 Å². The molecule has 1 aliphatic carbocycles. The third-order valence-electron chi connectivity index (χ3n) is 5.34. The summed E-state index contributed by atoms with van der Waals surface area (Å²) in [6, 6.07) is 6.10. The Labute approximate surface area is 188 Å². The highest BCUT2D eigenvalue weighted by Crippen LogP contribution is 2.36. The van der Waals surface area contributed by atoms with Gasteiger partial charge in [-0.1, -0.05) is 35.5 Å². The molecule has 3 aromatic rings. The number of nitrogens with zero attached hydrogens (tertiary/aromatic N) is 1. The van der Waals surface area contributed by atoms with Crippen molar-refractivity contribution in [1.29, 1.82) is 0 Å². The van der Waals surface area contributed by atoms with E-state index in [1.165, 1.54) is 53.6 Å². The van der Waals surface area contributed by atoms with E-state index in [1.54, 1.807) is 12.1 Å². The minimum atomic E-state index is -0.319. The fourth-order valence-corrected chi connectivity index (χ4v) is 5.60. The number of aromatic nitrogens is 2. The van der Waals surface area contributed by atoms with E-state index in [1.807, 2.05) is 6.92 Å².